The lowest BCUT2D eigenvalue weighted by Crippen LogP contribution is -2.38. The molecule has 1 aromatic heterocycles. The van der Waals surface area contributed by atoms with E-state index in [9.17, 15) is 9.90 Å². The highest BCUT2D eigenvalue weighted by Crippen LogP contribution is 2.37. The number of hydrogen-bond donors (Lipinski definition) is 3. The number of morpholine rings is 1. The van der Waals surface area contributed by atoms with Crippen molar-refractivity contribution in [1.29, 1.82) is 0 Å². The summed E-state index contributed by atoms with van der Waals surface area (Å²) >= 11 is 0. The van der Waals surface area contributed by atoms with Crippen LogP contribution in [0, 0.1) is 11.8 Å². The first-order chi connectivity index (χ1) is 19.1. The highest BCUT2D eigenvalue weighted by molar-refractivity contribution is 6.35. The lowest BCUT2D eigenvalue weighted by molar-refractivity contribution is -0.110. The maximum absolute atomic E-state index is 12.8. The lowest BCUT2D eigenvalue weighted by atomic mass is 9.99. The molecule has 1 atom stereocenters. The second-order valence-corrected chi connectivity index (χ2v) is 9.08. The summed E-state index contributed by atoms with van der Waals surface area (Å²) in [5, 5.41) is 13.8. The molecule has 10 heteroatoms. The summed E-state index contributed by atoms with van der Waals surface area (Å²) in [6.45, 7) is 4.61. The van der Waals surface area contributed by atoms with Crippen LogP contribution in [0.5, 0.6) is 17.2 Å². The minimum Gasteiger partial charge on any atom is -0.495 e. The number of H-pyrrole nitrogens is 1. The standard InChI is InChI=1S/C30H31N3O6.ClH/c1-36-26-10-11-31-24(26)19-22-29-20(4-3-5-23(29)32-30(22)35)6-8-25(34)21-7-9-27(28(18-21)37-2)39-17-14-33-12-15-38-16-13-33;/h3-5,7,9-11,18-19,25,31,34H,12-17H2,1-2H3,(H,32,35);1H/b22-19-;. The molecule has 9 nitrogen and oxygen atoms in total. The van der Waals surface area contributed by atoms with E-state index in [1.807, 2.05) is 18.2 Å². The Hall–Kier alpha value is -3.94. The van der Waals surface area contributed by atoms with E-state index in [1.165, 1.54) is 0 Å². The van der Waals surface area contributed by atoms with Gasteiger partial charge >= 0.3 is 0 Å². The molecule has 3 aromatic rings. The largest absolute Gasteiger partial charge is 0.495 e. The van der Waals surface area contributed by atoms with E-state index in [2.05, 4.69) is 27.0 Å². The summed E-state index contributed by atoms with van der Waals surface area (Å²) < 4.78 is 22.2. The Morgan fingerprint density at radius 3 is 2.67 bits per heavy atom. The van der Waals surface area contributed by atoms with E-state index in [4.69, 9.17) is 18.9 Å². The Morgan fingerprint density at radius 2 is 1.90 bits per heavy atom. The molecule has 0 aliphatic carbocycles. The minimum atomic E-state index is -1.07. The van der Waals surface area contributed by atoms with Gasteiger partial charge in [0, 0.05) is 37.0 Å². The summed E-state index contributed by atoms with van der Waals surface area (Å²) in [6.07, 6.45) is 2.41. The Labute approximate surface area is 239 Å². The SMILES string of the molecule is COc1cc(C(O)C#Cc2cccc3c2/C(=C/c2[nH]ccc2OC)C(=O)N3)ccc1OCCN1CCOCC1.Cl. The van der Waals surface area contributed by atoms with Crippen LogP contribution in [0.1, 0.15) is 28.5 Å². The minimum absolute atomic E-state index is 0. The molecular weight excluding hydrogens is 534 g/mol. The molecule has 5 rings (SSSR count). The van der Waals surface area contributed by atoms with Crippen LogP contribution >= 0.6 is 12.4 Å². The molecule has 2 aromatic carbocycles. The van der Waals surface area contributed by atoms with Crippen LogP contribution in [-0.2, 0) is 9.53 Å². The summed E-state index contributed by atoms with van der Waals surface area (Å²) in [5.41, 5.74) is 3.69. The Kier molecular flexibility index (Phi) is 9.74. The number of aromatic amines is 1. The van der Waals surface area contributed by atoms with E-state index in [1.54, 1.807) is 50.8 Å². The van der Waals surface area contributed by atoms with Gasteiger partial charge in [0.1, 0.15) is 18.5 Å². The number of carbonyl (C=O) groups is 1. The highest BCUT2D eigenvalue weighted by atomic mass is 35.5. The first kappa shape index (κ1) is 29.1. The maximum Gasteiger partial charge on any atom is 0.256 e. The number of aliphatic hydroxyl groups excluding tert-OH is 1. The number of benzene rings is 2. The second kappa shape index (κ2) is 13.4. The average molecular weight is 566 g/mol. The van der Waals surface area contributed by atoms with E-state index in [-0.39, 0.29) is 18.3 Å². The third-order valence-corrected chi connectivity index (χ3v) is 6.69. The van der Waals surface area contributed by atoms with Crippen LogP contribution in [-0.4, -0.2) is 74.6 Å². The summed E-state index contributed by atoms with van der Waals surface area (Å²) in [7, 11) is 3.14. The number of aliphatic hydroxyl groups is 1. The molecule has 1 saturated heterocycles. The van der Waals surface area contributed by atoms with Gasteiger partial charge in [0.25, 0.3) is 5.91 Å². The molecule has 0 bridgehead atoms. The smallest absolute Gasteiger partial charge is 0.256 e. The molecule has 2 aliphatic heterocycles. The monoisotopic (exact) mass is 565 g/mol. The van der Waals surface area contributed by atoms with Crippen molar-refractivity contribution in [3.63, 3.8) is 0 Å². The number of nitrogens with one attached hydrogen (secondary N) is 2. The third kappa shape index (κ3) is 6.43. The van der Waals surface area contributed by atoms with E-state index in [0.29, 0.717) is 57.5 Å². The van der Waals surface area contributed by atoms with Crippen LogP contribution in [0.3, 0.4) is 0 Å². The quantitative estimate of drug-likeness (QED) is 0.282. The van der Waals surface area contributed by atoms with Gasteiger partial charge in [0.05, 0.1) is 44.4 Å². The normalized spacial score (nSPS) is 16.3. The van der Waals surface area contributed by atoms with Gasteiger partial charge in [-0.25, -0.2) is 0 Å². The fourth-order valence-electron chi connectivity index (χ4n) is 4.61. The van der Waals surface area contributed by atoms with Gasteiger partial charge in [-0.05, 0) is 42.0 Å². The number of hydrogen-bond acceptors (Lipinski definition) is 7. The number of halogens is 1. The van der Waals surface area contributed by atoms with Crippen LogP contribution in [0.4, 0.5) is 5.69 Å². The summed E-state index contributed by atoms with van der Waals surface area (Å²) in [6, 6.07) is 12.5. The molecular formula is C30H32ClN3O6. The number of amides is 1. The zero-order valence-electron chi connectivity index (χ0n) is 22.4. The summed E-state index contributed by atoms with van der Waals surface area (Å²) in [5.74, 6) is 7.50. The van der Waals surface area contributed by atoms with Crippen molar-refractivity contribution in [1.82, 2.24) is 9.88 Å². The molecule has 0 saturated carbocycles. The van der Waals surface area contributed by atoms with Gasteiger partial charge < -0.3 is 34.4 Å². The van der Waals surface area contributed by atoms with Crippen molar-refractivity contribution in [3.05, 3.63) is 71.0 Å². The molecule has 1 unspecified atom stereocenters. The number of aromatic nitrogens is 1. The first-order valence-corrected chi connectivity index (χ1v) is 12.8. The topological polar surface area (TPSA) is 105 Å². The average Bonchev–Trinajstić information content (AvgIpc) is 3.56. The Morgan fingerprint density at radius 1 is 1.10 bits per heavy atom. The third-order valence-electron chi connectivity index (χ3n) is 6.69. The second-order valence-electron chi connectivity index (χ2n) is 9.08. The van der Waals surface area contributed by atoms with Gasteiger partial charge in [-0.3, -0.25) is 9.69 Å². The van der Waals surface area contributed by atoms with Gasteiger partial charge in [-0.15, -0.1) is 12.4 Å². The molecule has 1 amide bonds. The fourth-order valence-corrected chi connectivity index (χ4v) is 4.61. The molecule has 0 spiro atoms. The molecule has 1 fully saturated rings. The molecule has 3 heterocycles. The van der Waals surface area contributed by atoms with Gasteiger partial charge in [-0.1, -0.05) is 24.0 Å². The number of carbonyl (C=O) groups excluding carboxylic acids is 1. The van der Waals surface area contributed by atoms with Crippen molar-refractivity contribution < 1.29 is 28.8 Å². The molecule has 210 valence electrons. The zero-order valence-corrected chi connectivity index (χ0v) is 23.2. The van der Waals surface area contributed by atoms with Crippen LogP contribution in [0.15, 0.2) is 48.7 Å². The first-order valence-electron chi connectivity index (χ1n) is 12.8. The predicted octanol–water partition coefficient (Wildman–Crippen LogP) is 3.74. The van der Waals surface area contributed by atoms with Gasteiger partial charge in [0.2, 0.25) is 0 Å². The van der Waals surface area contributed by atoms with Crippen molar-refractivity contribution in [2.45, 2.75) is 6.10 Å². The molecule has 0 radical (unpaired) electrons. The van der Waals surface area contributed by atoms with Crippen molar-refractivity contribution in [2.24, 2.45) is 0 Å². The number of anilines is 1. The molecule has 2 aliphatic rings. The van der Waals surface area contributed by atoms with Gasteiger partial charge in [0.15, 0.2) is 11.5 Å². The zero-order chi connectivity index (χ0) is 27.2. The van der Waals surface area contributed by atoms with E-state index >= 15 is 0 Å². The fraction of sp³-hybridized carbons (Fsp3) is 0.300. The van der Waals surface area contributed by atoms with E-state index in [0.717, 1.165) is 32.8 Å². The number of nitrogens with zero attached hydrogens (tertiary/aromatic N) is 1. The van der Waals surface area contributed by atoms with Crippen LogP contribution in [0.2, 0.25) is 0 Å². The summed E-state index contributed by atoms with van der Waals surface area (Å²) in [4.78, 5) is 18.1. The Bertz CT molecular complexity index is 1430. The highest BCUT2D eigenvalue weighted by Gasteiger charge is 2.27. The molecule has 3 N–H and O–H groups in total. The Balaban J connectivity index is 0.00000370. The number of methoxy groups -OCH3 is 2. The maximum atomic E-state index is 12.8. The van der Waals surface area contributed by atoms with E-state index < -0.39 is 6.10 Å². The van der Waals surface area contributed by atoms with Gasteiger partial charge in [-0.2, -0.15) is 0 Å². The van der Waals surface area contributed by atoms with Crippen molar-refractivity contribution in [3.8, 4) is 29.1 Å². The number of fused-ring (bicyclic) bond motifs is 1. The predicted molar refractivity (Wildman–Crippen MR) is 155 cm³/mol. The van der Waals surface area contributed by atoms with Crippen LogP contribution in [0.25, 0.3) is 11.6 Å². The lowest BCUT2D eigenvalue weighted by Gasteiger charge is -2.26. The number of rotatable bonds is 8. The van der Waals surface area contributed by atoms with Crippen LogP contribution < -0.4 is 19.5 Å². The number of ether oxygens (including phenoxy) is 4. The van der Waals surface area contributed by atoms with Crippen molar-refractivity contribution in [2.75, 3.05) is 59.0 Å². The van der Waals surface area contributed by atoms with Crippen molar-refractivity contribution >= 4 is 35.7 Å². The molecule has 40 heavy (non-hydrogen) atoms.